The molecule has 0 radical (unpaired) electrons. The number of hydrogen-bond donors (Lipinski definition) is 2. The van der Waals surface area contributed by atoms with Crippen LogP contribution >= 0.6 is 0 Å². The zero-order valence-corrected chi connectivity index (χ0v) is 11.9. The Balaban J connectivity index is 2.25. The molecule has 0 unspecified atom stereocenters. The smallest absolute Gasteiger partial charge is 0.328 e. The monoisotopic (exact) mass is 282 g/mol. The topological polar surface area (TPSA) is 84.3 Å². The fourth-order valence-corrected chi connectivity index (χ4v) is 2.85. The van der Waals surface area contributed by atoms with Crippen LogP contribution in [-0.4, -0.2) is 33.5 Å². The summed E-state index contributed by atoms with van der Waals surface area (Å²) >= 11 is 0. The van der Waals surface area contributed by atoms with Gasteiger partial charge in [0.05, 0.1) is 25.4 Å². The van der Waals surface area contributed by atoms with Crippen LogP contribution in [0, 0.1) is 6.92 Å². The molecule has 2 rings (SSSR count). The third kappa shape index (κ3) is 3.37. The van der Waals surface area contributed by atoms with Gasteiger partial charge < -0.3 is 9.84 Å². The summed E-state index contributed by atoms with van der Waals surface area (Å²) in [6.45, 7) is 2.35. The van der Waals surface area contributed by atoms with E-state index >= 15 is 0 Å². The number of H-pyrrole nitrogens is 1. The van der Waals surface area contributed by atoms with Gasteiger partial charge in [-0.25, -0.2) is 4.79 Å². The van der Waals surface area contributed by atoms with Gasteiger partial charge in [-0.2, -0.15) is 0 Å². The van der Waals surface area contributed by atoms with Crippen molar-refractivity contribution < 1.29 is 9.84 Å². The van der Waals surface area contributed by atoms with Gasteiger partial charge in [-0.1, -0.05) is 19.3 Å². The van der Waals surface area contributed by atoms with Gasteiger partial charge in [0.2, 0.25) is 0 Å². The highest BCUT2D eigenvalue weighted by atomic mass is 16.5. The number of nitrogens with zero attached hydrogens (tertiary/aromatic N) is 1. The molecule has 0 atom stereocenters. The lowest BCUT2D eigenvalue weighted by Crippen LogP contribution is -2.44. The molecular weight excluding hydrogens is 260 g/mol. The summed E-state index contributed by atoms with van der Waals surface area (Å²) < 4.78 is 7.36. The van der Waals surface area contributed by atoms with E-state index in [4.69, 9.17) is 9.84 Å². The van der Waals surface area contributed by atoms with Gasteiger partial charge in [0.1, 0.15) is 0 Å². The molecule has 0 spiro atoms. The minimum Gasteiger partial charge on any atom is -0.394 e. The molecule has 6 heteroatoms. The summed E-state index contributed by atoms with van der Waals surface area (Å²) in [6, 6.07) is 0. The molecule has 6 nitrogen and oxygen atoms in total. The number of rotatable bonds is 5. The van der Waals surface area contributed by atoms with Crippen LogP contribution in [0.1, 0.15) is 37.7 Å². The Labute approximate surface area is 117 Å². The van der Waals surface area contributed by atoms with Crippen molar-refractivity contribution in [2.45, 2.75) is 51.2 Å². The number of hydrogen-bond acceptors (Lipinski definition) is 4. The zero-order chi connectivity index (χ0) is 14.6. The van der Waals surface area contributed by atoms with Crippen LogP contribution in [0.5, 0.6) is 0 Å². The Bertz CT molecular complexity index is 555. The molecule has 1 aliphatic rings. The van der Waals surface area contributed by atoms with E-state index in [1.807, 2.05) is 0 Å². The first-order valence-electron chi connectivity index (χ1n) is 7.11. The highest BCUT2D eigenvalue weighted by molar-refractivity contribution is 5.01. The molecule has 0 aromatic carbocycles. The molecule has 20 heavy (non-hydrogen) atoms. The van der Waals surface area contributed by atoms with Gasteiger partial charge in [-0.05, 0) is 19.8 Å². The number of nitrogens with one attached hydrogen (secondary N) is 1. The van der Waals surface area contributed by atoms with Crippen LogP contribution < -0.4 is 11.2 Å². The first-order valence-corrected chi connectivity index (χ1v) is 7.11. The SMILES string of the molecule is Cc1cn(CC2(OCCO)CCCCC2)c(=O)[nH]c1=O. The summed E-state index contributed by atoms with van der Waals surface area (Å²) in [4.78, 5) is 25.6. The maximum atomic E-state index is 11.9. The Hall–Kier alpha value is -1.40. The molecule has 1 fully saturated rings. The van der Waals surface area contributed by atoms with Gasteiger partial charge in [0.25, 0.3) is 5.56 Å². The first-order chi connectivity index (χ1) is 9.56. The predicted molar refractivity (Wildman–Crippen MR) is 74.9 cm³/mol. The summed E-state index contributed by atoms with van der Waals surface area (Å²) in [5.74, 6) is 0. The number of aromatic nitrogens is 2. The third-order valence-electron chi connectivity index (χ3n) is 3.91. The van der Waals surface area contributed by atoms with E-state index in [1.54, 1.807) is 13.1 Å². The second-order valence-corrected chi connectivity index (χ2v) is 5.52. The van der Waals surface area contributed by atoms with Gasteiger partial charge in [0.15, 0.2) is 0 Å². The minimum absolute atomic E-state index is 0.0265. The van der Waals surface area contributed by atoms with E-state index in [2.05, 4.69) is 4.98 Å². The van der Waals surface area contributed by atoms with Crippen molar-refractivity contribution in [2.75, 3.05) is 13.2 Å². The Morgan fingerprint density at radius 2 is 2.05 bits per heavy atom. The van der Waals surface area contributed by atoms with Crippen molar-refractivity contribution in [3.63, 3.8) is 0 Å². The molecule has 112 valence electrons. The van der Waals surface area contributed by atoms with Crippen LogP contribution in [0.2, 0.25) is 0 Å². The molecule has 1 aliphatic carbocycles. The number of ether oxygens (including phenoxy) is 1. The van der Waals surface area contributed by atoms with Crippen molar-refractivity contribution in [3.05, 3.63) is 32.6 Å². The number of aromatic amines is 1. The van der Waals surface area contributed by atoms with Crippen LogP contribution in [0.4, 0.5) is 0 Å². The van der Waals surface area contributed by atoms with E-state index in [1.165, 1.54) is 11.0 Å². The van der Waals surface area contributed by atoms with E-state index in [0.29, 0.717) is 12.1 Å². The molecule has 1 aromatic rings. The lowest BCUT2D eigenvalue weighted by Gasteiger charge is -2.37. The Morgan fingerprint density at radius 3 is 2.70 bits per heavy atom. The fourth-order valence-electron chi connectivity index (χ4n) is 2.85. The average molecular weight is 282 g/mol. The van der Waals surface area contributed by atoms with Crippen molar-refractivity contribution in [1.29, 1.82) is 0 Å². The maximum absolute atomic E-state index is 11.9. The second-order valence-electron chi connectivity index (χ2n) is 5.52. The molecule has 0 bridgehead atoms. The van der Waals surface area contributed by atoms with E-state index < -0.39 is 11.3 Å². The summed E-state index contributed by atoms with van der Waals surface area (Å²) in [5, 5.41) is 8.97. The molecule has 0 saturated heterocycles. The summed E-state index contributed by atoms with van der Waals surface area (Å²) in [6.07, 6.45) is 6.61. The lowest BCUT2D eigenvalue weighted by atomic mass is 9.84. The van der Waals surface area contributed by atoms with E-state index in [-0.39, 0.29) is 18.8 Å². The van der Waals surface area contributed by atoms with Crippen molar-refractivity contribution in [3.8, 4) is 0 Å². The minimum atomic E-state index is -0.407. The van der Waals surface area contributed by atoms with Crippen LogP contribution in [0.3, 0.4) is 0 Å². The predicted octanol–water partition coefficient (Wildman–Crippen LogP) is 0.557. The maximum Gasteiger partial charge on any atom is 0.328 e. The number of aliphatic hydroxyl groups excluding tert-OH is 1. The lowest BCUT2D eigenvalue weighted by molar-refractivity contribution is -0.0912. The van der Waals surface area contributed by atoms with Crippen molar-refractivity contribution in [2.24, 2.45) is 0 Å². The molecule has 1 saturated carbocycles. The summed E-state index contributed by atoms with van der Waals surface area (Å²) in [5.41, 5.74) is -0.647. The fraction of sp³-hybridized carbons (Fsp3) is 0.714. The van der Waals surface area contributed by atoms with E-state index in [9.17, 15) is 9.59 Å². The zero-order valence-electron chi connectivity index (χ0n) is 11.9. The molecular formula is C14H22N2O4. The number of aryl methyl sites for hydroxylation is 1. The van der Waals surface area contributed by atoms with Crippen molar-refractivity contribution in [1.82, 2.24) is 9.55 Å². The highest BCUT2D eigenvalue weighted by Gasteiger charge is 2.33. The average Bonchev–Trinajstić information content (AvgIpc) is 2.44. The second kappa shape index (κ2) is 6.37. The molecule has 0 aliphatic heterocycles. The molecule has 1 heterocycles. The summed E-state index contributed by atoms with van der Waals surface area (Å²) in [7, 11) is 0. The highest BCUT2D eigenvalue weighted by Crippen LogP contribution is 2.32. The standard InChI is InChI=1S/C14H22N2O4/c1-11-9-16(13(19)15-12(11)18)10-14(20-8-7-17)5-3-2-4-6-14/h9,17H,2-8,10H2,1H3,(H,15,18,19). The Morgan fingerprint density at radius 1 is 1.35 bits per heavy atom. The normalized spacial score (nSPS) is 18.1. The van der Waals surface area contributed by atoms with Crippen LogP contribution in [0.15, 0.2) is 15.8 Å². The van der Waals surface area contributed by atoms with Crippen LogP contribution in [-0.2, 0) is 11.3 Å². The van der Waals surface area contributed by atoms with Crippen molar-refractivity contribution >= 4 is 0 Å². The van der Waals surface area contributed by atoms with E-state index in [0.717, 1.165) is 25.7 Å². The Kier molecular flexibility index (Phi) is 4.77. The third-order valence-corrected chi connectivity index (χ3v) is 3.91. The molecule has 1 aromatic heterocycles. The quantitative estimate of drug-likeness (QED) is 0.826. The van der Waals surface area contributed by atoms with Gasteiger partial charge in [-0.15, -0.1) is 0 Å². The first kappa shape index (κ1) is 15.0. The number of aliphatic hydroxyl groups is 1. The van der Waals surface area contributed by atoms with Gasteiger partial charge >= 0.3 is 5.69 Å². The van der Waals surface area contributed by atoms with Gasteiger partial charge in [0, 0.05) is 11.8 Å². The van der Waals surface area contributed by atoms with Gasteiger partial charge in [-0.3, -0.25) is 14.3 Å². The largest absolute Gasteiger partial charge is 0.394 e. The molecule has 2 N–H and O–H groups in total. The van der Waals surface area contributed by atoms with Crippen LogP contribution in [0.25, 0.3) is 0 Å². The molecule has 0 amide bonds.